The number of benzene rings is 1. The number of aromatic nitrogens is 1. The minimum absolute atomic E-state index is 0.888. The summed E-state index contributed by atoms with van der Waals surface area (Å²) >= 11 is 0. The number of nitrogens with zero attached hydrogens (tertiary/aromatic N) is 2. The Morgan fingerprint density at radius 1 is 1.00 bits per heavy atom. The van der Waals surface area contributed by atoms with Crippen LogP contribution in [0, 0.1) is 6.92 Å². The minimum atomic E-state index is 0.888. The maximum Gasteiger partial charge on any atom is 0.151 e. The van der Waals surface area contributed by atoms with Crippen LogP contribution in [0.4, 0.5) is 0 Å². The van der Waals surface area contributed by atoms with Gasteiger partial charge in [0.1, 0.15) is 5.69 Å². The molecule has 1 aliphatic rings. The molecule has 1 aliphatic heterocycles. The van der Waals surface area contributed by atoms with Crippen molar-refractivity contribution in [1.82, 2.24) is 10.1 Å². The van der Waals surface area contributed by atoms with Gasteiger partial charge in [-0.2, -0.15) is 0 Å². The fourth-order valence-corrected chi connectivity index (χ4v) is 2.94. The molecule has 0 saturated carbocycles. The molecule has 1 saturated heterocycles. The van der Waals surface area contributed by atoms with Gasteiger partial charge in [0.2, 0.25) is 0 Å². The van der Waals surface area contributed by atoms with Crippen molar-refractivity contribution < 1.29 is 4.52 Å². The van der Waals surface area contributed by atoms with Crippen LogP contribution in [0.5, 0.6) is 0 Å². The zero-order chi connectivity index (χ0) is 14.5. The molecule has 112 valence electrons. The maximum atomic E-state index is 5.53. The summed E-state index contributed by atoms with van der Waals surface area (Å²) in [6, 6.07) is 10.5. The van der Waals surface area contributed by atoms with E-state index in [4.69, 9.17) is 4.52 Å². The first-order chi connectivity index (χ1) is 10.3. The normalized spacial score (nSPS) is 17.4. The number of rotatable bonds is 3. The molecule has 0 bridgehead atoms. The fraction of sp³-hybridized carbons (Fsp3) is 0.500. The van der Waals surface area contributed by atoms with Crippen LogP contribution in [-0.2, 0) is 6.54 Å². The van der Waals surface area contributed by atoms with Crippen molar-refractivity contribution >= 4 is 0 Å². The van der Waals surface area contributed by atoms with Crippen LogP contribution in [0.25, 0.3) is 11.3 Å². The first-order valence-corrected chi connectivity index (χ1v) is 8.06. The molecule has 0 amide bonds. The van der Waals surface area contributed by atoms with Crippen LogP contribution < -0.4 is 0 Å². The Morgan fingerprint density at radius 3 is 2.38 bits per heavy atom. The second kappa shape index (κ2) is 6.90. The lowest BCUT2D eigenvalue weighted by atomic mass is 10.1. The van der Waals surface area contributed by atoms with Gasteiger partial charge in [0.05, 0.1) is 6.54 Å². The standard InChI is InChI=1S/C18H24N2O/c1-15-7-9-16(10-8-15)18-13-17(21-19-18)14-20-11-5-3-2-4-6-12-20/h7-10,13H,2-6,11-12,14H2,1H3. The van der Waals surface area contributed by atoms with Gasteiger partial charge in [-0.3, -0.25) is 4.90 Å². The summed E-state index contributed by atoms with van der Waals surface area (Å²) in [4.78, 5) is 2.50. The van der Waals surface area contributed by atoms with Crippen LogP contribution in [0.3, 0.4) is 0 Å². The van der Waals surface area contributed by atoms with Gasteiger partial charge in [-0.25, -0.2) is 0 Å². The highest BCUT2D eigenvalue weighted by molar-refractivity contribution is 5.59. The highest BCUT2D eigenvalue weighted by Crippen LogP contribution is 2.21. The summed E-state index contributed by atoms with van der Waals surface area (Å²) < 4.78 is 5.53. The van der Waals surface area contributed by atoms with Gasteiger partial charge < -0.3 is 4.52 Å². The monoisotopic (exact) mass is 284 g/mol. The lowest BCUT2D eigenvalue weighted by molar-refractivity contribution is 0.213. The Kier molecular flexibility index (Phi) is 4.71. The summed E-state index contributed by atoms with van der Waals surface area (Å²) in [5, 5.41) is 4.22. The smallest absolute Gasteiger partial charge is 0.151 e. The van der Waals surface area contributed by atoms with Crippen LogP contribution in [0.15, 0.2) is 34.9 Å². The molecule has 1 aromatic heterocycles. The first-order valence-electron chi connectivity index (χ1n) is 8.06. The van der Waals surface area contributed by atoms with Crippen molar-refractivity contribution in [2.24, 2.45) is 0 Å². The summed E-state index contributed by atoms with van der Waals surface area (Å²) in [6.45, 7) is 5.35. The number of hydrogen-bond donors (Lipinski definition) is 0. The minimum Gasteiger partial charge on any atom is -0.359 e. The van der Waals surface area contributed by atoms with E-state index in [-0.39, 0.29) is 0 Å². The highest BCUT2D eigenvalue weighted by Gasteiger charge is 2.12. The average molecular weight is 284 g/mol. The topological polar surface area (TPSA) is 29.3 Å². The Bertz CT molecular complexity index is 551. The third-order valence-corrected chi connectivity index (χ3v) is 4.23. The van der Waals surface area contributed by atoms with E-state index < -0.39 is 0 Å². The van der Waals surface area contributed by atoms with E-state index in [1.165, 1.54) is 50.8 Å². The summed E-state index contributed by atoms with van der Waals surface area (Å²) in [7, 11) is 0. The van der Waals surface area contributed by atoms with Gasteiger partial charge in [0, 0.05) is 11.6 Å². The van der Waals surface area contributed by atoms with E-state index in [9.17, 15) is 0 Å². The largest absolute Gasteiger partial charge is 0.359 e. The van der Waals surface area contributed by atoms with Crippen molar-refractivity contribution in [3.8, 4) is 11.3 Å². The molecular weight excluding hydrogens is 260 g/mol. The van der Waals surface area contributed by atoms with Gasteiger partial charge in [-0.05, 0) is 32.9 Å². The summed E-state index contributed by atoms with van der Waals surface area (Å²) in [5.74, 6) is 0.978. The van der Waals surface area contributed by atoms with E-state index in [0.29, 0.717) is 0 Å². The molecule has 3 nitrogen and oxygen atoms in total. The molecule has 1 fully saturated rings. The second-order valence-corrected chi connectivity index (χ2v) is 6.09. The Labute approximate surface area is 126 Å². The van der Waals surface area contributed by atoms with Crippen molar-refractivity contribution in [3.05, 3.63) is 41.7 Å². The molecule has 2 aromatic rings. The first kappa shape index (κ1) is 14.3. The Morgan fingerprint density at radius 2 is 1.67 bits per heavy atom. The quantitative estimate of drug-likeness (QED) is 0.835. The van der Waals surface area contributed by atoms with E-state index in [2.05, 4.69) is 47.3 Å². The number of hydrogen-bond acceptors (Lipinski definition) is 3. The maximum absolute atomic E-state index is 5.53. The molecular formula is C18H24N2O. The van der Waals surface area contributed by atoms with Crippen molar-refractivity contribution in [2.45, 2.75) is 45.6 Å². The predicted octanol–water partition coefficient (Wildman–Crippen LogP) is 4.42. The fourth-order valence-electron chi connectivity index (χ4n) is 2.94. The van der Waals surface area contributed by atoms with E-state index in [1.54, 1.807) is 0 Å². The van der Waals surface area contributed by atoms with Crippen LogP contribution in [0.1, 0.15) is 43.4 Å². The van der Waals surface area contributed by atoms with E-state index >= 15 is 0 Å². The molecule has 0 aliphatic carbocycles. The summed E-state index contributed by atoms with van der Waals surface area (Å²) in [5.41, 5.74) is 3.34. The molecule has 3 rings (SSSR count). The Hall–Kier alpha value is -1.61. The third-order valence-electron chi connectivity index (χ3n) is 4.23. The van der Waals surface area contributed by atoms with E-state index in [1.807, 2.05) is 0 Å². The van der Waals surface area contributed by atoms with Gasteiger partial charge in [0.25, 0.3) is 0 Å². The summed E-state index contributed by atoms with van der Waals surface area (Å²) in [6.07, 6.45) is 6.73. The van der Waals surface area contributed by atoms with Crippen LogP contribution >= 0.6 is 0 Å². The molecule has 0 N–H and O–H groups in total. The second-order valence-electron chi connectivity index (χ2n) is 6.09. The van der Waals surface area contributed by atoms with E-state index in [0.717, 1.165) is 23.6 Å². The molecule has 0 spiro atoms. The number of likely N-dealkylation sites (tertiary alicyclic amines) is 1. The van der Waals surface area contributed by atoms with Crippen LogP contribution in [-0.4, -0.2) is 23.1 Å². The lowest BCUT2D eigenvalue weighted by Gasteiger charge is -2.22. The van der Waals surface area contributed by atoms with Crippen LogP contribution in [0.2, 0.25) is 0 Å². The molecule has 21 heavy (non-hydrogen) atoms. The molecule has 0 radical (unpaired) electrons. The van der Waals surface area contributed by atoms with Gasteiger partial charge in [0.15, 0.2) is 5.76 Å². The molecule has 2 heterocycles. The molecule has 3 heteroatoms. The zero-order valence-electron chi connectivity index (χ0n) is 12.8. The SMILES string of the molecule is Cc1ccc(-c2cc(CN3CCCCCCC3)on2)cc1. The zero-order valence-corrected chi connectivity index (χ0v) is 12.8. The number of aryl methyl sites for hydroxylation is 1. The third kappa shape index (κ3) is 3.94. The van der Waals surface area contributed by atoms with Gasteiger partial charge in [-0.15, -0.1) is 0 Å². The van der Waals surface area contributed by atoms with Gasteiger partial charge in [-0.1, -0.05) is 54.2 Å². The highest BCUT2D eigenvalue weighted by atomic mass is 16.5. The predicted molar refractivity (Wildman–Crippen MR) is 85.0 cm³/mol. The Balaban J connectivity index is 1.65. The van der Waals surface area contributed by atoms with Gasteiger partial charge >= 0.3 is 0 Å². The van der Waals surface area contributed by atoms with Crippen molar-refractivity contribution in [1.29, 1.82) is 0 Å². The molecule has 0 unspecified atom stereocenters. The van der Waals surface area contributed by atoms with Crippen molar-refractivity contribution in [2.75, 3.05) is 13.1 Å². The van der Waals surface area contributed by atoms with Crippen molar-refractivity contribution in [3.63, 3.8) is 0 Å². The molecule has 1 aromatic carbocycles. The average Bonchev–Trinajstić information content (AvgIpc) is 2.91. The molecule has 0 atom stereocenters. The lowest BCUT2D eigenvalue weighted by Crippen LogP contribution is -2.26.